The lowest BCUT2D eigenvalue weighted by Gasteiger charge is -2.43. The number of hydrogen-bond donors (Lipinski definition) is 0. The smallest absolute Gasteiger partial charge is 0.309 e. The van der Waals surface area contributed by atoms with E-state index in [1.165, 1.54) is 17.5 Å². The van der Waals surface area contributed by atoms with E-state index < -0.39 is 8.32 Å². The van der Waals surface area contributed by atoms with Gasteiger partial charge in [-0.2, -0.15) is 0 Å². The predicted octanol–water partition coefficient (Wildman–Crippen LogP) is 4.72. The summed E-state index contributed by atoms with van der Waals surface area (Å²) in [5, 5.41) is 2.50. The Morgan fingerprint density at radius 1 is 0.969 bits per heavy atom. The third-order valence-electron chi connectivity index (χ3n) is 5.98. The second kappa shape index (κ2) is 12.1. The molecule has 2 atom stereocenters. The zero-order valence-corrected chi connectivity index (χ0v) is 21.3. The highest BCUT2D eigenvalue weighted by Crippen LogP contribution is 2.37. The summed E-state index contributed by atoms with van der Waals surface area (Å²) in [6.45, 7) is 9.55. The van der Waals surface area contributed by atoms with Crippen LogP contribution in [0.3, 0.4) is 0 Å². The van der Waals surface area contributed by atoms with Gasteiger partial charge in [-0.3, -0.25) is 4.79 Å². The Bertz CT molecular complexity index is 803. The SMILES string of the molecule is COC(=O)C/C=C/[C@@H](C)[C@@H](CCO[Si](c1ccccc1)(c1ccccc1)C(C)(C)C)OC. The first kappa shape index (κ1) is 26.0. The molecule has 174 valence electrons. The molecule has 0 saturated heterocycles. The van der Waals surface area contributed by atoms with Crippen LogP contribution in [0.4, 0.5) is 0 Å². The zero-order chi connectivity index (χ0) is 23.6. The fraction of sp³-hybridized carbons (Fsp3) is 0.444. The molecule has 32 heavy (non-hydrogen) atoms. The standard InChI is InChI=1S/C27H38O4Si/c1-22(14-13-19-26(28)30-6)25(29-5)20-21-31-32(27(2,3)4,23-15-9-7-10-16-23)24-17-11-8-12-18-24/h7-18,22,25H,19-21H2,1-6H3/b14-13+/t22-,25-/m1/s1. The Balaban J connectivity index is 2.25. The largest absolute Gasteiger partial charge is 0.469 e. The van der Waals surface area contributed by atoms with Crippen LogP contribution in [-0.2, 0) is 18.7 Å². The van der Waals surface area contributed by atoms with Crippen molar-refractivity contribution in [3.63, 3.8) is 0 Å². The van der Waals surface area contributed by atoms with Crippen LogP contribution in [0.2, 0.25) is 5.04 Å². The van der Waals surface area contributed by atoms with E-state index in [9.17, 15) is 4.79 Å². The lowest BCUT2D eigenvalue weighted by molar-refractivity contribution is -0.139. The molecule has 2 aromatic rings. The molecule has 5 heteroatoms. The lowest BCUT2D eigenvalue weighted by atomic mass is 10.0. The van der Waals surface area contributed by atoms with Gasteiger partial charge in [0.05, 0.1) is 19.6 Å². The number of carbonyl (C=O) groups excluding carboxylic acids is 1. The van der Waals surface area contributed by atoms with Gasteiger partial charge in [0, 0.05) is 19.6 Å². The van der Waals surface area contributed by atoms with Crippen LogP contribution < -0.4 is 10.4 Å². The highest BCUT2D eigenvalue weighted by atomic mass is 28.4. The average molecular weight is 455 g/mol. The number of ether oxygens (including phenoxy) is 2. The first-order chi connectivity index (χ1) is 15.3. The summed E-state index contributed by atoms with van der Waals surface area (Å²) in [5.41, 5.74) is 0. The van der Waals surface area contributed by atoms with Gasteiger partial charge in [-0.1, -0.05) is 101 Å². The second-order valence-electron chi connectivity index (χ2n) is 9.14. The van der Waals surface area contributed by atoms with E-state index in [0.717, 1.165) is 6.42 Å². The van der Waals surface area contributed by atoms with Gasteiger partial charge in [0.25, 0.3) is 8.32 Å². The van der Waals surface area contributed by atoms with Gasteiger partial charge in [-0.15, -0.1) is 0 Å². The summed E-state index contributed by atoms with van der Waals surface area (Å²) in [7, 11) is 0.593. The average Bonchev–Trinajstić information content (AvgIpc) is 2.79. The van der Waals surface area contributed by atoms with E-state index >= 15 is 0 Å². The molecular weight excluding hydrogens is 416 g/mol. The summed E-state index contributed by atoms with van der Waals surface area (Å²) in [6.07, 6.45) is 4.92. The number of hydrogen-bond acceptors (Lipinski definition) is 4. The fourth-order valence-electron chi connectivity index (χ4n) is 4.27. The Labute approximate surface area is 194 Å². The quantitative estimate of drug-likeness (QED) is 0.280. The molecule has 0 spiro atoms. The normalized spacial score (nSPS) is 14.3. The number of esters is 1. The summed E-state index contributed by atoms with van der Waals surface area (Å²) in [5.74, 6) is -0.0788. The molecular formula is C27H38O4Si. The predicted molar refractivity (Wildman–Crippen MR) is 134 cm³/mol. The molecule has 0 bridgehead atoms. The van der Waals surface area contributed by atoms with Crippen molar-refractivity contribution in [2.24, 2.45) is 5.92 Å². The maximum atomic E-state index is 11.4. The van der Waals surface area contributed by atoms with E-state index in [2.05, 4.69) is 88.4 Å². The topological polar surface area (TPSA) is 44.8 Å². The fourth-order valence-corrected chi connectivity index (χ4v) is 8.85. The summed E-state index contributed by atoms with van der Waals surface area (Å²) in [4.78, 5) is 11.4. The van der Waals surface area contributed by atoms with Crippen molar-refractivity contribution in [3.8, 4) is 0 Å². The van der Waals surface area contributed by atoms with Crippen LogP contribution in [0.5, 0.6) is 0 Å². The van der Waals surface area contributed by atoms with Crippen LogP contribution in [0, 0.1) is 5.92 Å². The zero-order valence-electron chi connectivity index (χ0n) is 20.3. The number of methoxy groups -OCH3 is 2. The van der Waals surface area contributed by atoms with Crippen LogP contribution in [0.1, 0.15) is 40.5 Å². The second-order valence-corrected chi connectivity index (χ2v) is 13.4. The highest BCUT2D eigenvalue weighted by molar-refractivity contribution is 6.99. The van der Waals surface area contributed by atoms with Gasteiger partial charge in [0.15, 0.2) is 0 Å². The van der Waals surface area contributed by atoms with Crippen LogP contribution >= 0.6 is 0 Å². The molecule has 0 aromatic heterocycles. The molecule has 0 fully saturated rings. The number of benzene rings is 2. The summed E-state index contributed by atoms with van der Waals surface area (Å²) >= 11 is 0. The van der Waals surface area contributed by atoms with Crippen molar-refractivity contribution in [1.29, 1.82) is 0 Å². The third kappa shape index (κ3) is 6.41. The molecule has 0 unspecified atom stereocenters. The van der Waals surface area contributed by atoms with Crippen LogP contribution in [-0.4, -0.2) is 41.2 Å². The van der Waals surface area contributed by atoms with Gasteiger partial charge in [-0.05, 0) is 21.8 Å². The lowest BCUT2D eigenvalue weighted by Crippen LogP contribution is -2.66. The Morgan fingerprint density at radius 2 is 1.50 bits per heavy atom. The molecule has 0 aliphatic heterocycles. The molecule has 0 aliphatic carbocycles. The van der Waals surface area contributed by atoms with E-state index in [0.29, 0.717) is 6.61 Å². The van der Waals surface area contributed by atoms with E-state index in [1.807, 2.05) is 12.2 Å². The van der Waals surface area contributed by atoms with Gasteiger partial charge in [-0.25, -0.2) is 0 Å². The Hall–Kier alpha value is -2.21. The molecule has 0 radical (unpaired) electrons. The third-order valence-corrected chi connectivity index (χ3v) is 11.0. The summed E-state index contributed by atoms with van der Waals surface area (Å²) in [6, 6.07) is 21.3. The van der Waals surface area contributed by atoms with Crippen molar-refractivity contribution < 1.29 is 18.7 Å². The van der Waals surface area contributed by atoms with Crippen molar-refractivity contribution in [2.45, 2.75) is 51.7 Å². The minimum Gasteiger partial charge on any atom is -0.469 e. The van der Waals surface area contributed by atoms with E-state index in [1.54, 1.807) is 7.11 Å². The Kier molecular flexibility index (Phi) is 9.88. The van der Waals surface area contributed by atoms with Gasteiger partial charge in [0.1, 0.15) is 0 Å². The minimum absolute atomic E-state index is 0.00196. The maximum Gasteiger partial charge on any atom is 0.309 e. The Morgan fingerprint density at radius 3 is 1.94 bits per heavy atom. The van der Waals surface area contributed by atoms with Crippen molar-refractivity contribution in [1.82, 2.24) is 0 Å². The molecule has 4 nitrogen and oxygen atoms in total. The molecule has 0 saturated carbocycles. The number of carbonyl (C=O) groups is 1. The molecule has 0 aliphatic rings. The molecule has 0 amide bonds. The van der Waals surface area contributed by atoms with Gasteiger partial charge < -0.3 is 13.9 Å². The van der Waals surface area contributed by atoms with Crippen LogP contribution in [0.15, 0.2) is 72.8 Å². The maximum absolute atomic E-state index is 11.4. The first-order valence-corrected chi connectivity index (χ1v) is 13.2. The molecule has 2 aromatic carbocycles. The highest BCUT2D eigenvalue weighted by Gasteiger charge is 2.50. The number of rotatable bonds is 11. The molecule has 2 rings (SSSR count). The van der Waals surface area contributed by atoms with E-state index in [4.69, 9.17) is 13.9 Å². The van der Waals surface area contributed by atoms with Gasteiger partial charge in [0.2, 0.25) is 0 Å². The van der Waals surface area contributed by atoms with Crippen molar-refractivity contribution in [3.05, 3.63) is 72.8 Å². The summed E-state index contributed by atoms with van der Waals surface area (Å²) < 4.78 is 17.4. The van der Waals surface area contributed by atoms with E-state index in [-0.39, 0.29) is 29.5 Å². The monoisotopic (exact) mass is 454 g/mol. The van der Waals surface area contributed by atoms with Gasteiger partial charge >= 0.3 is 5.97 Å². The molecule has 0 N–H and O–H groups in total. The van der Waals surface area contributed by atoms with Crippen molar-refractivity contribution in [2.75, 3.05) is 20.8 Å². The molecule has 0 heterocycles. The van der Waals surface area contributed by atoms with Crippen molar-refractivity contribution >= 4 is 24.7 Å². The van der Waals surface area contributed by atoms with Crippen LogP contribution in [0.25, 0.3) is 0 Å². The minimum atomic E-state index is -2.54. The first-order valence-electron chi connectivity index (χ1n) is 11.3.